The van der Waals surface area contributed by atoms with E-state index in [-0.39, 0.29) is 12.7 Å². The summed E-state index contributed by atoms with van der Waals surface area (Å²) in [6.45, 7) is 8.69. The van der Waals surface area contributed by atoms with Crippen LogP contribution in [0.15, 0.2) is 133 Å². The predicted octanol–water partition coefficient (Wildman–Crippen LogP) is 6.93. The molecule has 6 heteroatoms. The zero-order valence-electron chi connectivity index (χ0n) is 25.3. The van der Waals surface area contributed by atoms with E-state index in [1.165, 1.54) is 5.19 Å². The molecule has 0 radical (unpaired) electrons. The molecule has 5 nitrogen and oxygen atoms in total. The van der Waals surface area contributed by atoms with E-state index in [1.54, 1.807) is 0 Å². The van der Waals surface area contributed by atoms with Gasteiger partial charge >= 0.3 is 0 Å². The monoisotopic (exact) mass is 592 g/mol. The van der Waals surface area contributed by atoms with Crippen LogP contribution in [0.4, 0.5) is 0 Å². The first-order valence-electron chi connectivity index (χ1n) is 15.0. The molecule has 4 aromatic carbocycles. The van der Waals surface area contributed by atoms with E-state index in [0.29, 0.717) is 0 Å². The molecule has 0 amide bonds. The molecule has 222 valence electrons. The highest BCUT2D eigenvalue weighted by atomic mass is 28.3. The van der Waals surface area contributed by atoms with Gasteiger partial charge in [0.15, 0.2) is 24.3 Å². The molecular formula is C37H40O5Si. The van der Waals surface area contributed by atoms with Crippen LogP contribution in [0, 0.1) is 0 Å². The summed E-state index contributed by atoms with van der Waals surface area (Å²) in [7, 11) is -1.87. The third kappa shape index (κ3) is 6.12. The topological polar surface area (TPSA) is 46.2 Å². The Morgan fingerprint density at radius 3 is 1.72 bits per heavy atom. The second-order valence-corrected chi connectivity index (χ2v) is 16.6. The first-order valence-corrected chi connectivity index (χ1v) is 18.1. The third-order valence-corrected chi connectivity index (χ3v) is 11.1. The Bertz CT molecular complexity index is 1390. The van der Waals surface area contributed by atoms with Gasteiger partial charge in [-0.2, -0.15) is 0 Å². The minimum Gasteiger partial charge on any atom is -0.493 e. The third-order valence-electron chi connectivity index (χ3n) is 8.33. The molecule has 0 aliphatic carbocycles. The van der Waals surface area contributed by atoms with Crippen molar-refractivity contribution in [3.63, 3.8) is 0 Å². The van der Waals surface area contributed by atoms with Crippen LogP contribution in [-0.2, 0) is 29.3 Å². The fraction of sp³-hybridized carbons (Fsp3) is 0.297. The summed E-state index contributed by atoms with van der Waals surface area (Å²) in [5.74, 6) is -0.758. The van der Waals surface area contributed by atoms with E-state index in [4.69, 9.17) is 23.7 Å². The Balaban J connectivity index is 1.32. The molecule has 6 rings (SSSR count). The van der Waals surface area contributed by atoms with Crippen LogP contribution >= 0.6 is 0 Å². The van der Waals surface area contributed by atoms with E-state index in [0.717, 1.165) is 16.7 Å². The number of hydrogen-bond donors (Lipinski definition) is 0. The summed E-state index contributed by atoms with van der Waals surface area (Å²) in [6, 6.07) is 41.7. The molecule has 0 aromatic heterocycles. The van der Waals surface area contributed by atoms with Crippen LogP contribution in [0.1, 0.15) is 30.5 Å². The summed E-state index contributed by atoms with van der Waals surface area (Å²) in [5, 5.41) is 1.34. The molecule has 2 aliphatic rings. The Labute approximate surface area is 256 Å². The summed E-state index contributed by atoms with van der Waals surface area (Å²) < 4.78 is 32.6. The Kier molecular flexibility index (Phi) is 8.40. The Morgan fingerprint density at radius 1 is 0.721 bits per heavy atom. The van der Waals surface area contributed by atoms with Crippen molar-refractivity contribution < 1.29 is 23.7 Å². The zero-order chi connectivity index (χ0) is 29.9. The molecule has 2 aliphatic heterocycles. The first kappa shape index (κ1) is 29.5. The Morgan fingerprint density at radius 2 is 1.21 bits per heavy atom. The van der Waals surface area contributed by atoms with E-state index in [2.05, 4.69) is 116 Å². The van der Waals surface area contributed by atoms with Crippen LogP contribution in [-0.4, -0.2) is 45.1 Å². The standard InChI is InChI=1S/C37H40O5Si/c1-36(2)41-34-33(38-25-26-43(3,4)31-23-15-8-16-24-31)32(40-35(34)42-36)27-39-37(28-17-9-5-10-18-28,29-19-11-6-12-20-29)30-21-13-7-14-22-30/h5-26,32-35H,27H2,1-4H3/b26-25-/t32-,33+,34-,35-/m1/s1. The zero-order valence-corrected chi connectivity index (χ0v) is 26.3. The lowest BCUT2D eigenvalue weighted by molar-refractivity contribution is -0.223. The maximum Gasteiger partial charge on any atom is 0.191 e. The minimum absolute atomic E-state index is 0.261. The van der Waals surface area contributed by atoms with E-state index in [1.807, 2.05) is 44.4 Å². The lowest BCUT2D eigenvalue weighted by Crippen LogP contribution is -2.42. The second-order valence-electron chi connectivity index (χ2n) is 12.2. The molecule has 0 saturated carbocycles. The van der Waals surface area contributed by atoms with Crippen molar-refractivity contribution in [2.75, 3.05) is 6.61 Å². The van der Waals surface area contributed by atoms with Gasteiger partial charge < -0.3 is 23.7 Å². The van der Waals surface area contributed by atoms with Crippen molar-refractivity contribution in [1.82, 2.24) is 0 Å². The lowest BCUT2D eigenvalue weighted by Gasteiger charge is -2.37. The average Bonchev–Trinajstić information content (AvgIpc) is 3.50. The van der Waals surface area contributed by atoms with Crippen LogP contribution in [0.5, 0.6) is 0 Å². The predicted molar refractivity (Wildman–Crippen MR) is 171 cm³/mol. The number of rotatable bonds is 10. The molecule has 2 saturated heterocycles. The van der Waals surface area contributed by atoms with Gasteiger partial charge in [-0.1, -0.05) is 145 Å². The van der Waals surface area contributed by atoms with Gasteiger partial charge in [-0.25, -0.2) is 0 Å². The van der Waals surface area contributed by atoms with Gasteiger partial charge in [0.25, 0.3) is 0 Å². The SMILES string of the molecule is CC1(C)O[C@H]2O[C@H](COC(c3ccccc3)(c3ccccc3)c3ccccc3)[C@H](O/C=C\[Si](C)(C)c3ccccc3)[C@H]2O1. The molecular weight excluding hydrogens is 552 g/mol. The summed E-state index contributed by atoms with van der Waals surface area (Å²) in [4.78, 5) is 0. The average molecular weight is 593 g/mol. The van der Waals surface area contributed by atoms with Gasteiger partial charge in [-0.05, 0) is 30.5 Å². The van der Waals surface area contributed by atoms with Crippen LogP contribution < -0.4 is 5.19 Å². The first-order chi connectivity index (χ1) is 20.8. The van der Waals surface area contributed by atoms with E-state index >= 15 is 0 Å². The molecule has 4 atom stereocenters. The highest BCUT2D eigenvalue weighted by Gasteiger charge is 2.56. The number of hydrogen-bond acceptors (Lipinski definition) is 5. The molecule has 0 bridgehead atoms. The van der Waals surface area contributed by atoms with Crippen molar-refractivity contribution in [1.29, 1.82) is 0 Å². The van der Waals surface area contributed by atoms with Gasteiger partial charge in [0, 0.05) is 0 Å². The van der Waals surface area contributed by atoms with Crippen molar-refractivity contribution in [2.24, 2.45) is 0 Å². The quantitative estimate of drug-likeness (QED) is 0.114. The molecule has 43 heavy (non-hydrogen) atoms. The highest BCUT2D eigenvalue weighted by Crippen LogP contribution is 2.43. The second kappa shape index (κ2) is 12.2. The minimum atomic E-state index is -1.87. The van der Waals surface area contributed by atoms with E-state index in [9.17, 15) is 0 Å². The molecule has 0 N–H and O–H groups in total. The van der Waals surface area contributed by atoms with Crippen molar-refractivity contribution in [2.45, 2.75) is 62.9 Å². The maximum absolute atomic E-state index is 7.10. The van der Waals surface area contributed by atoms with E-state index < -0.39 is 38.0 Å². The van der Waals surface area contributed by atoms with Crippen molar-refractivity contribution in [3.8, 4) is 0 Å². The Hall–Kier alpha value is -3.52. The van der Waals surface area contributed by atoms with Crippen LogP contribution in [0.25, 0.3) is 0 Å². The maximum atomic E-state index is 7.10. The fourth-order valence-corrected chi connectivity index (χ4v) is 7.75. The number of ether oxygens (including phenoxy) is 5. The smallest absolute Gasteiger partial charge is 0.191 e. The van der Waals surface area contributed by atoms with Gasteiger partial charge in [0.1, 0.15) is 19.8 Å². The van der Waals surface area contributed by atoms with Gasteiger partial charge in [-0.15, -0.1) is 0 Å². The summed E-state index contributed by atoms with van der Waals surface area (Å²) in [5.41, 5.74) is 4.46. The summed E-state index contributed by atoms with van der Waals surface area (Å²) in [6.07, 6.45) is 0.0857. The van der Waals surface area contributed by atoms with Gasteiger partial charge in [-0.3, -0.25) is 0 Å². The lowest BCUT2D eigenvalue weighted by atomic mass is 9.80. The number of fused-ring (bicyclic) bond motifs is 1. The normalized spacial score (nSPS) is 23.3. The highest BCUT2D eigenvalue weighted by molar-refractivity contribution is 6.93. The van der Waals surface area contributed by atoms with Gasteiger partial charge in [0.05, 0.1) is 12.9 Å². The van der Waals surface area contributed by atoms with Crippen LogP contribution in [0.3, 0.4) is 0 Å². The largest absolute Gasteiger partial charge is 0.493 e. The molecule has 2 heterocycles. The van der Waals surface area contributed by atoms with Crippen LogP contribution in [0.2, 0.25) is 13.1 Å². The molecule has 0 spiro atoms. The summed E-state index contributed by atoms with van der Waals surface area (Å²) >= 11 is 0. The molecule has 2 fully saturated rings. The fourth-order valence-electron chi connectivity index (χ4n) is 6.09. The van der Waals surface area contributed by atoms with Crippen molar-refractivity contribution in [3.05, 3.63) is 150 Å². The molecule has 4 aromatic rings. The molecule has 0 unspecified atom stereocenters. The number of benzene rings is 4. The van der Waals surface area contributed by atoms with Crippen molar-refractivity contribution >= 4 is 13.3 Å². The van der Waals surface area contributed by atoms with Gasteiger partial charge in [0.2, 0.25) is 0 Å².